The van der Waals surface area contributed by atoms with Gasteiger partial charge < -0.3 is 55.1 Å². The number of unbranched alkanes of at least 4 members (excludes halogenated alkanes) is 1. The minimum absolute atomic E-state index is 0. The number of benzene rings is 8. The number of quaternary nitrogens is 1. The van der Waals surface area contributed by atoms with Gasteiger partial charge in [0.15, 0.2) is 35.1 Å². The van der Waals surface area contributed by atoms with Crippen molar-refractivity contribution in [2.24, 2.45) is 5.92 Å². The second-order valence-corrected chi connectivity index (χ2v) is 39.4. The molecule has 4 amide bonds. The van der Waals surface area contributed by atoms with E-state index < -0.39 is 31.9 Å². The molecule has 3 atom stereocenters. The molecule has 4 saturated heterocycles. The normalized spacial score (nSPS) is 17.9. The first kappa shape index (κ1) is 101. The van der Waals surface area contributed by atoms with Crippen molar-refractivity contribution < 1.29 is 154 Å². The van der Waals surface area contributed by atoms with Crippen LogP contribution in [0.25, 0.3) is 31.9 Å². The van der Waals surface area contributed by atoms with Crippen LogP contribution in [0.1, 0.15) is 93.4 Å². The van der Waals surface area contributed by atoms with Gasteiger partial charge in [-0.05, 0) is 79.7 Å². The van der Waals surface area contributed by atoms with E-state index >= 15 is 0 Å². The van der Waals surface area contributed by atoms with Crippen molar-refractivity contribution in [3.8, 4) is 0 Å². The number of carbonyl (C=O) groups is 8. The first-order chi connectivity index (χ1) is 57.0. The fraction of sp³-hybridized carbons (Fsp3) is 0.256. The molecule has 0 radical (unpaired) electrons. The number of thiazole rings is 1. The van der Waals surface area contributed by atoms with Crippen LogP contribution in [0.3, 0.4) is 0 Å². The van der Waals surface area contributed by atoms with Crippen LogP contribution in [0.4, 0.5) is 5.69 Å². The van der Waals surface area contributed by atoms with Gasteiger partial charge in [0.05, 0.1) is 84.3 Å². The topological polar surface area (TPSA) is 283 Å². The predicted octanol–water partition coefficient (Wildman–Crippen LogP) is 5.43. The van der Waals surface area contributed by atoms with Crippen LogP contribution in [0.15, 0.2) is 236 Å². The molecular weight excluding hydrogens is 1950 g/mol. The van der Waals surface area contributed by atoms with Gasteiger partial charge in [0.1, 0.15) is 37.0 Å². The Morgan fingerprint density at radius 1 is 0.615 bits per heavy atom. The number of hydrogen-bond acceptors (Lipinski definition) is 23. The average molecular weight is 2040 g/mol. The van der Waals surface area contributed by atoms with E-state index in [2.05, 4.69) is 98.5 Å². The summed E-state index contributed by atoms with van der Waals surface area (Å²) in [6.07, 6.45) is 4.58. The average Bonchev–Trinajstić information content (AvgIpc) is 1.55. The van der Waals surface area contributed by atoms with Crippen LogP contribution in [-0.2, 0) is 75.1 Å². The van der Waals surface area contributed by atoms with Crippen molar-refractivity contribution in [3.05, 3.63) is 260 Å². The molecule has 17 rings (SSSR count). The molecule has 2 aromatic heterocycles. The SMILES string of the molecule is CC1C(=O)c2ccccc2C1=O.CC1Sc2ccccc2C1=O.CCCC[n+]1c(C)ccc2ccccc21.CC[n+]1c(C)sc2c3ccc(S(=O)(=O)O)cc3ccc21.C[NH+]1c2ccccc2SC1/C=C1\SCC(=O)N1COC=O.O=C1/C(=C2\SCC(=O)N2CCS(=O)(=O)[O-])SC(=S)N1Cc1ccccc1.O=C1CSC(=S)N1Cc1ccccc1.[Br-].[I-].[Na+]. The van der Waals surface area contributed by atoms with Gasteiger partial charge in [-0.2, -0.15) is 17.6 Å². The molecule has 3 unspecified atom stereocenters. The van der Waals surface area contributed by atoms with Crippen LogP contribution in [-0.4, -0.2) is 156 Å². The smallest absolute Gasteiger partial charge is 1.00 e. The fourth-order valence-corrected chi connectivity index (χ4v) is 22.4. The Bertz CT molecular complexity index is 5850. The van der Waals surface area contributed by atoms with Crippen molar-refractivity contribution in [1.82, 2.24) is 19.6 Å². The third kappa shape index (κ3) is 25.4. The van der Waals surface area contributed by atoms with Crippen molar-refractivity contribution >= 4 is 220 Å². The molecule has 8 heterocycles. The van der Waals surface area contributed by atoms with Crippen LogP contribution < -0.4 is 84.5 Å². The summed E-state index contributed by atoms with van der Waals surface area (Å²) in [6, 6.07) is 63.9. The standard InChI is InChI=1S/C15H14N2O5S4.C14H14N2O3S2.C14H13NO3S2.C14H18N.C10H9NOS2.C10H8O2.C9H8OS.BrH.HI.Na/c18-11-9-24-14(16(11)6-7-26(20,21)22)12-13(19)17(15(23)25-12)8-10-4-2-1-3-5-10;1-15-10-4-2-3-5-11(10)21-13(15)6-14-16(8-19-9-17)12(18)7-20-14;1-3-15-9(2)19-14-12-6-5-11(20(16,17)18)8-10(12)4-7-13(14)15;1-3-4-11-15-12(2)9-10-13-7-5-6-8-14(13)15;12-9-7-14-10(13)11(9)6-8-4-2-1-3-5-8;1-6-9(11)7-4-2-3-5-8(7)10(6)12;1-6-9(10)7-4-2-3-5-8(7)11-6;;;/h1-5H,6-9H2,(H,20,21,22);2-6,9,13H,7-8H2,1H3;4-8H,3H2,1-2H3;5-10H,3-4,11H2,1-2H3;1-5H,6-7H2;2-6H,1H3;2-6H,1H3;2*1H;/q;;;+1;;;;;;+1/p-1/b14-12+;14-6-;;;;;;;;. The number of amides is 4. The Morgan fingerprint density at radius 2 is 1.18 bits per heavy atom. The zero-order chi connectivity index (χ0) is 85.4. The zero-order valence-electron chi connectivity index (χ0n) is 67.5. The number of nitrogens with zero attached hydrogens (tertiary/aromatic N) is 6. The Balaban J connectivity index is 0.000000179. The van der Waals surface area contributed by atoms with Crippen molar-refractivity contribution in [2.45, 2.75) is 106 Å². The molecule has 1 aliphatic carbocycles. The molecule has 0 bridgehead atoms. The van der Waals surface area contributed by atoms with Crippen molar-refractivity contribution in [2.75, 3.05) is 43.3 Å². The number of aryl methyl sites for hydroxylation is 4. The van der Waals surface area contributed by atoms with E-state index in [0.717, 1.165) is 84.2 Å². The number of ketones is 3. The number of rotatable bonds is 16. The molecule has 4 fully saturated rings. The van der Waals surface area contributed by atoms with Crippen molar-refractivity contribution in [1.29, 1.82) is 0 Å². The summed E-state index contributed by atoms with van der Waals surface area (Å²) in [6.45, 7) is 15.2. The largest absolute Gasteiger partial charge is 1.00 e. The molecule has 0 spiro atoms. The summed E-state index contributed by atoms with van der Waals surface area (Å²) < 4.78 is 75.7. The van der Waals surface area contributed by atoms with Gasteiger partial charge in [-0.3, -0.25) is 62.5 Å². The number of likely N-dealkylation sites (N-methyl/N-ethyl adjacent to an activating group) is 1. The second-order valence-electron chi connectivity index (χ2n) is 27.5. The monoisotopic (exact) mass is 2040 g/mol. The Labute approximate surface area is 799 Å². The van der Waals surface area contributed by atoms with Gasteiger partial charge in [0.2, 0.25) is 33.8 Å². The molecule has 6 aliphatic heterocycles. The minimum Gasteiger partial charge on any atom is -1.00 e. The molecule has 8 aromatic carbocycles. The summed E-state index contributed by atoms with van der Waals surface area (Å²) in [5, 5.41) is 5.94. The van der Waals surface area contributed by atoms with Gasteiger partial charge >= 0.3 is 29.6 Å². The zero-order valence-corrected chi connectivity index (χ0v) is 82.2. The molecule has 22 nitrogen and oxygen atoms in total. The van der Waals surface area contributed by atoms with E-state index in [9.17, 15) is 59.7 Å². The summed E-state index contributed by atoms with van der Waals surface area (Å²) in [7, 11) is -6.50. The first-order valence-corrected chi connectivity index (χ1v) is 47.8. The number of nitrogens with one attached hydrogen (secondary N) is 1. The minimum atomic E-state index is -4.46. The predicted molar refractivity (Wildman–Crippen MR) is 481 cm³/mol. The number of carbonyl (C=O) groups excluding carboxylic acids is 8. The van der Waals surface area contributed by atoms with Gasteiger partial charge in [-0.15, -0.1) is 11.8 Å². The first-order valence-electron chi connectivity index (χ1n) is 37.7. The maximum absolute atomic E-state index is 12.8. The number of fused-ring (bicyclic) bond motifs is 7. The number of para-hydroxylation sites is 2. The van der Waals surface area contributed by atoms with E-state index in [4.69, 9.17) is 33.7 Å². The molecule has 7 aliphatic rings. The summed E-state index contributed by atoms with van der Waals surface area (Å²) >= 11 is 20.7. The van der Waals surface area contributed by atoms with E-state index in [0.29, 0.717) is 60.8 Å². The maximum atomic E-state index is 12.8. The molecule has 10 aromatic rings. The van der Waals surface area contributed by atoms with Crippen LogP contribution in [0, 0.1) is 19.8 Å². The van der Waals surface area contributed by atoms with E-state index in [1.54, 1.807) is 77.0 Å². The maximum Gasteiger partial charge on any atom is 1.00 e. The summed E-state index contributed by atoms with van der Waals surface area (Å²) in [5.74, 6) is -0.569. The Hall–Kier alpha value is -6.57. The summed E-state index contributed by atoms with van der Waals surface area (Å²) in [5.41, 5.74) is 9.21. The number of hydrogen-bond donors (Lipinski definition) is 2. The third-order valence-corrected chi connectivity index (χ3v) is 29.9. The number of aromatic nitrogens is 2. The second kappa shape index (κ2) is 46.8. The fourth-order valence-electron chi connectivity index (χ4n) is 13.3. The summed E-state index contributed by atoms with van der Waals surface area (Å²) in [4.78, 5) is 102. The van der Waals surface area contributed by atoms with Crippen LogP contribution >= 0.6 is 106 Å². The number of thiocarbonyl (C=S) groups is 2. The number of halogens is 2. The molecule has 122 heavy (non-hydrogen) atoms. The molecule has 36 heteroatoms. The Kier molecular flexibility index (Phi) is 38.7. The van der Waals surface area contributed by atoms with E-state index in [1.165, 1.54) is 100 Å². The number of pyridine rings is 1. The molecule has 634 valence electrons. The van der Waals surface area contributed by atoms with Crippen molar-refractivity contribution in [3.63, 3.8) is 0 Å². The van der Waals surface area contributed by atoms with Crippen LogP contribution in [0.2, 0.25) is 0 Å². The Morgan fingerprint density at radius 3 is 1.78 bits per heavy atom. The molecule has 0 saturated carbocycles. The van der Waals surface area contributed by atoms with E-state index in [1.807, 2.05) is 116 Å². The van der Waals surface area contributed by atoms with Gasteiger partial charge in [0.25, 0.3) is 22.5 Å². The number of thioether (sulfide) groups is 6. The van der Waals surface area contributed by atoms with Gasteiger partial charge in [0, 0.05) is 89.5 Å². The number of Topliss-reactive ketones (excluding diaryl/α,β-unsaturated/α-hetero) is 3. The molecular formula is C86H85BrIN7NaO15S11+. The molecule has 2 N–H and O–H groups in total. The number of ether oxygens (including phenoxy) is 1. The van der Waals surface area contributed by atoms with E-state index in [-0.39, 0.29) is 146 Å². The quantitative estimate of drug-likeness (QED) is 0.0178. The van der Waals surface area contributed by atoms with Crippen LogP contribution in [0.5, 0.6) is 0 Å². The van der Waals surface area contributed by atoms with Gasteiger partial charge in [-0.25, -0.2) is 8.42 Å². The van der Waals surface area contributed by atoms with Gasteiger partial charge in [-0.1, -0.05) is 241 Å². The third-order valence-electron chi connectivity index (χ3n) is 19.6.